The zero-order valence-electron chi connectivity index (χ0n) is 55.4. The van der Waals surface area contributed by atoms with Crippen molar-refractivity contribution in [1.29, 1.82) is 0 Å². The average Bonchev–Trinajstić information content (AvgIpc) is 2.12. The van der Waals surface area contributed by atoms with E-state index in [1.807, 2.05) is 0 Å². The lowest BCUT2D eigenvalue weighted by Gasteiger charge is -2.20. The van der Waals surface area contributed by atoms with Crippen LogP contribution in [0, 0.1) is 0 Å². The number of hydrogen-bond donors (Lipinski definition) is 0. The van der Waals surface area contributed by atoms with Crippen LogP contribution in [-0.2, 0) is 0 Å². The quantitative estimate of drug-likeness (QED) is 0.170. The molecule has 1 nitrogen and oxygen atoms in total. The van der Waals surface area contributed by atoms with Gasteiger partial charge in [-0.25, -0.2) is 0 Å². The molecule has 236 valence electrons. The molecule has 51 heavy (non-hydrogen) atoms. The van der Waals surface area contributed by atoms with Crippen LogP contribution in [-0.4, -0.2) is 0 Å². The van der Waals surface area contributed by atoms with Gasteiger partial charge in [0.15, 0.2) is 0 Å². The maximum Gasteiger partial charge on any atom is 0.136 e. The molecule has 0 aliphatic rings. The third-order valence-electron chi connectivity index (χ3n) is 8.57. The summed E-state index contributed by atoms with van der Waals surface area (Å²) in [6.07, 6.45) is 0. The molecule has 0 aliphatic carbocycles. The minimum atomic E-state index is -1.13. The van der Waals surface area contributed by atoms with Gasteiger partial charge in [0, 0.05) is 10.8 Å². The molecule has 0 saturated carbocycles. The molecule has 11 aromatic rings. The van der Waals surface area contributed by atoms with E-state index in [0.29, 0.717) is 0 Å². The summed E-state index contributed by atoms with van der Waals surface area (Å²) in [4.78, 5) is 0. The zero-order valence-corrected chi connectivity index (χ0v) is 25.4. The van der Waals surface area contributed by atoms with Crippen LogP contribution in [0.3, 0.4) is 0 Å². The predicted molar refractivity (Wildman–Crippen MR) is 218 cm³/mol. The van der Waals surface area contributed by atoms with Crippen molar-refractivity contribution in [2.75, 3.05) is 0 Å². The van der Waals surface area contributed by atoms with Crippen molar-refractivity contribution >= 4 is 75.8 Å². The Balaban J connectivity index is 1.45. The van der Waals surface area contributed by atoms with Crippen molar-refractivity contribution in [2.24, 2.45) is 0 Å². The smallest absolute Gasteiger partial charge is 0.136 e. The number of furan rings is 1. The summed E-state index contributed by atoms with van der Waals surface area (Å²) in [5.41, 5.74) is -6.31. The van der Waals surface area contributed by atoms with Gasteiger partial charge in [0.2, 0.25) is 0 Å². The third kappa shape index (κ3) is 4.22. The Morgan fingerprint density at radius 1 is 0.314 bits per heavy atom. The van der Waals surface area contributed by atoms with Crippen molar-refractivity contribution in [1.82, 2.24) is 0 Å². The summed E-state index contributed by atoms with van der Waals surface area (Å²) in [6, 6.07) is -28.6. The highest BCUT2D eigenvalue weighted by atomic mass is 16.3. The summed E-state index contributed by atoms with van der Waals surface area (Å²) < 4.78 is 280. The topological polar surface area (TPSA) is 13.1 Å². The molecule has 1 heterocycles. The number of fused-ring (bicyclic) bond motifs is 9. The molecule has 0 atom stereocenters. The van der Waals surface area contributed by atoms with E-state index in [0.717, 1.165) is 0 Å². The first-order valence-electron chi connectivity index (χ1n) is 30.2. The van der Waals surface area contributed by atoms with E-state index in [9.17, 15) is 16.4 Å². The summed E-state index contributed by atoms with van der Waals surface area (Å²) in [6.45, 7) is 0. The summed E-state index contributed by atoms with van der Waals surface area (Å²) >= 11 is 0. The normalized spacial score (nSPS) is 20.2. The first kappa shape index (κ1) is 11.7. The molecular weight excluding hydrogens is 617 g/mol. The van der Waals surface area contributed by atoms with Gasteiger partial charge >= 0.3 is 0 Å². The minimum Gasteiger partial charge on any atom is -0.456 e. The molecule has 0 saturated heterocycles. The predicted octanol–water partition coefficient (Wildman–Crippen LogP) is 14.4. The van der Waals surface area contributed by atoms with Gasteiger partial charge in [0.1, 0.15) is 11.2 Å². The minimum absolute atomic E-state index is 0.387. The Morgan fingerprint density at radius 3 is 1.57 bits per heavy atom. The second kappa shape index (κ2) is 10.9. The van der Waals surface area contributed by atoms with Crippen LogP contribution in [0.2, 0.25) is 0 Å². The van der Waals surface area contributed by atoms with Crippen molar-refractivity contribution < 1.29 is 45.5 Å². The van der Waals surface area contributed by atoms with E-state index in [4.69, 9.17) is 29.1 Å². The first-order chi connectivity index (χ1) is 37.8. The van der Waals surface area contributed by atoms with E-state index in [1.165, 1.54) is 0 Å². The van der Waals surface area contributed by atoms with Gasteiger partial charge in [-0.05, 0) is 117 Å². The molecule has 0 unspecified atom stereocenters. The van der Waals surface area contributed by atoms with E-state index < -0.39 is 285 Å². The fourth-order valence-corrected chi connectivity index (χ4v) is 6.45. The Bertz CT molecular complexity index is 4840. The van der Waals surface area contributed by atoms with Gasteiger partial charge in [-0.1, -0.05) is 151 Å². The molecule has 0 amide bonds. The third-order valence-corrected chi connectivity index (χ3v) is 8.57. The molecule has 1 aromatic heterocycles. The zero-order chi connectivity index (χ0) is 59.6. The van der Waals surface area contributed by atoms with Crippen molar-refractivity contribution in [2.45, 2.75) is 0 Å². The Labute approximate surface area is 336 Å². The molecule has 0 fully saturated rings. The lowest BCUT2D eigenvalue weighted by atomic mass is 9.83. The molecule has 10 aromatic carbocycles. The molecule has 0 N–H and O–H groups in total. The van der Waals surface area contributed by atoms with Crippen LogP contribution in [0.15, 0.2) is 186 Å². The fourth-order valence-electron chi connectivity index (χ4n) is 6.45. The van der Waals surface area contributed by atoms with Crippen LogP contribution in [0.4, 0.5) is 0 Å². The summed E-state index contributed by atoms with van der Waals surface area (Å²) in [7, 11) is 0. The lowest BCUT2D eigenvalue weighted by molar-refractivity contribution is 0.669. The fraction of sp³-hybridized carbons (Fsp3) is 0. The monoisotopic (exact) mass is 676 g/mol. The highest BCUT2D eigenvalue weighted by Crippen LogP contribution is 2.47. The average molecular weight is 677 g/mol. The Morgan fingerprint density at radius 2 is 0.863 bits per heavy atom. The maximum atomic E-state index is 10.3. The van der Waals surface area contributed by atoms with E-state index in [-0.39, 0.29) is 5.39 Å². The Kier molecular flexibility index (Phi) is 2.50. The van der Waals surface area contributed by atoms with Crippen molar-refractivity contribution in [3.05, 3.63) is 181 Å². The van der Waals surface area contributed by atoms with Gasteiger partial charge < -0.3 is 4.42 Å². The molecule has 0 radical (unpaired) electrons. The SMILES string of the molecule is [2H]c1c([2H])c([2H])c2c(-c3c([2H])c([2H])c4c(oc5c([2H])c([2H])c6c([2H])c([2H])c([2H])c([2H])c6c54)c3[2H])c([2H])c(-c3c4c([2H])c([2H])c([2H])c([2H])c4c(-c4c([2H])c([2H])c([2H])c5c([2H])c([2H])c([2H])c([2H])c45)c4c([2H])c([2H])c([2H])c([2H])c34)c([2H])c2c1[2H]. The van der Waals surface area contributed by atoms with Gasteiger partial charge in [0.25, 0.3) is 0 Å². The van der Waals surface area contributed by atoms with Crippen LogP contribution in [0.5, 0.6) is 0 Å². The highest BCUT2D eigenvalue weighted by molar-refractivity contribution is 6.24. The number of rotatable bonds is 3. The van der Waals surface area contributed by atoms with Crippen LogP contribution >= 0.6 is 0 Å². The standard InChI is InChI=1S/C50H30O/c1-4-16-36-31(12-1)15-11-23-39(36)49-42-21-9-7-19-40(42)48(41-20-8-10-22-43(41)49)35-28-33-14-3-5-17-37(33)45(29-35)34-24-26-44-47(30-34)51-46-27-25-32-13-2-6-18-38(32)50(44)46/h1-30H/i1D,2D,3D,4D,5D,6D,7D,8D,9D,10D,11D,12D,13D,14D,15D,16D,17D,18D,19D,20D,21D,22D,23D,24D,25D,26D,27D,28D,29D,30D. The summed E-state index contributed by atoms with van der Waals surface area (Å²) in [5, 5.41) is -7.93. The lowest BCUT2D eigenvalue weighted by Crippen LogP contribution is -1.92. The van der Waals surface area contributed by atoms with Gasteiger partial charge in [-0.2, -0.15) is 0 Å². The van der Waals surface area contributed by atoms with Gasteiger partial charge in [-0.3, -0.25) is 0 Å². The van der Waals surface area contributed by atoms with E-state index >= 15 is 0 Å². The number of benzene rings is 10. The second-order valence-corrected chi connectivity index (χ2v) is 11.3. The van der Waals surface area contributed by atoms with Crippen molar-refractivity contribution in [3.8, 4) is 33.4 Å². The molecule has 0 aliphatic heterocycles. The van der Waals surface area contributed by atoms with Crippen LogP contribution < -0.4 is 0 Å². The van der Waals surface area contributed by atoms with Crippen molar-refractivity contribution in [3.63, 3.8) is 0 Å². The second-order valence-electron chi connectivity index (χ2n) is 11.3. The van der Waals surface area contributed by atoms with Crippen LogP contribution in [0.25, 0.3) is 109 Å². The molecule has 0 spiro atoms. The first-order valence-corrected chi connectivity index (χ1v) is 15.2. The Hall–Kier alpha value is -6.70. The largest absolute Gasteiger partial charge is 0.456 e. The van der Waals surface area contributed by atoms with E-state index in [2.05, 4.69) is 0 Å². The van der Waals surface area contributed by atoms with Gasteiger partial charge in [-0.15, -0.1) is 0 Å². The highest BCUT2D eigenvalue weighted by Gasteiger charge is 2.20. The maximum absolute atomic E-state index is 10.3. The van der Waals surface area contributed by atoms with Gasteiger partial charge in [0.05, 0.1) is 41.1 Å². The molecule has 0 bridgehead atoms. The van der Waals surface area contributed by atoms with E-state index in [1.54, 1.807) is 0 Å². The molecular formula is C50H30O. The van der Waals surface area contributed by atoms with Crippen LogP contribution in [0.1, 0.15) is 41.1 Å². The molecule has 1 heteroatoms. The summed E-state index contributed by atoms with van der Waals surface area (Å²) in [5.74, 6) is 0. The molecule has 11 rings (SSSR count). The number of hydrogen-bond acceptors (Lipinski definition) is 1.